The molecule has 1 N–H and O–H groups in total. The van der Waals surface area contributed by atoms with Gasteiger partial charge in [0, 0.05) is 35.5 Å². The van der Waals surface area contributed by atoms with Crippen LogP contribution in [0.4, 0.5) is 0 Å². The van der Waals surface area contributed by atoms with Crippen molar-refractivity contribution in [3.8, 4) is 0 Å². The molecule has 2 aliphatic carbocycles. The Hall–Kier alpha value is -2.45. The van der Waals surface area contributed by atoms with Gasteiger partial charge in [-0.1, -0.05) is 26.0 Å². The number of allylic oxidation sites excluding steroid dienone is 1. The van der Waals surface area contributed by atoms with Gasteiger partial charge in [-0.2, -0.15) is 0 Å². The third-order valence-electron chi connectivity index (χ3n) is 7.45. The summed E-state index contributed by atoms with van der Waals surface area (Å²) >= 11 is 0. The van der Waals surface area contributed by atoms with Crippen LogP contribution in [-0.4, -0.2) is 55.2 Å². The lowest BCUT2D eigenvalue weighted by atomic mass is 9.43. The van der Waals surface area contributed by atoms with E-state index in [1.807, 2.05) is 19.9 Å². The molecule has 1 saturated carbocycles. The first-order valence-electron chi connectivity index (χ1n) is 9.95. The number of methoxy groups -OCH3 is 2. The van der Waals surface area contributed by atoms with Crippen molar-refractivity contribution in [2.75, 3.05) is 14.2 Å². The normalized spacial score (nSPS) is 44.5. The molecule has 8 nitrogen and oxygen atoms in total. The number of cyclic esters (lactones) is 1. The zero-order valence-corrected chi connectivity index (χ0v) is 17.4. The fraction of sp³-hybridized carbons (Fsp3) is 0.591. The number of carbonyl (C=O) groups excluding carboxylic acids is 3. The zero-order valence-electron chi connectivity index (χ0n) is 17.4. The van der Waals surface area contributed by atoms with Crippen LogP contribution < -0.4 is 0 Å². The molecule has 0 spiro atoms. The molecule has 5 rings (SSSR count). The third kappa shape index (κ3) is 2.63. The second kappa shape index (κ2) is 6.78. The van der Waals surface area contributed by atoms with Crippen LogP contribution >= 0.6 is 0 Å². The number of hydrogen-bond donors (Lipinski definition) is 1. The maximum Gasteiger partial charge on any atom is 0.343 e. The Morgan fingerprint density at radius 1 is 1.27 bits per heavy atom. The lowest BCUT2D eigenvalue weighted by Gasteiger charge is -2.63. The molecule has 30 heavy (non-hydrogen) atoms. The zero-order chi connectivity index (χ0) is 21.9. The highest BCUT2D eigenvalue weighted by atomic mass is 16.7. The fourth-order valence-corrected chi connectivity index (χ4v) is 5.85. The summed E-state index contributed by atoms with van der Waals surface area (Å²) in [5, 5.41) is 11.3. The Bertz CT molecular complexity index is 888. The van der Waals surface area contributed by atoms with Gasteiger partial charge in [-0.25, -0.2) is 9.59 Å². The van der Waals surface area contributed by atoms with E-state index in [0.29, 0.717) is 18.4 Å². The number of fused-ring (bicyclic) bond motifs is 1. The molecule has 5 aliphatic rings. The van der Waals surface area contributed by atoms with Crippen LogP contribution in [0.3, 0.4) is 0 Å². The van der Waals surface area contributed by atoms with E-state index in [-0.39, 0.29) is 11.9 Å². The second-order valence-electron chi connectivity index (χ2n) is 8.85. The Labute approximate surface area is 174 Å². The van der Waals surface area contributed by atoms with E-state index in [1.165, 1.54) is 26.4 Å². The molecule has 7 atom stereocenters. The third-order valence-corrected chi connectivity index (χ3v) is 7.45. The van der Waals surface area contributed by atoms with E-state index in [2.05, 4.69) is 0 Å². The number of aliphatic hydroxyl groups is 1. The van der Waals surface area contributed by atoms with Gasteiger partial charge >= 0.3 is 17.9 Å². The molecule has 3 heterocycles. The average Bonchev–Trinajstić information content (AvgIpc) is 3.07. The second-order valence-corrected chi connectivity index (χ2v) is 8.85. The van der Waals surface area contributed by atoms with Gasteiger partial charge < -0.3 is 24.1 Å². The van der Waals surface area contributed by atoms with Gasteiger partial charge in [-0.05, 0) is 25.0 Å². The van der Waals surface area contributed by atoms with Crippen molar-refractivity contribution in [2.45, 2.75) is 44.7 Å². The number of ether oxygens (including phenoxy) is 4. The Balaban J connectivity index is 1.81. The summed E-state index contributed by atoms with van der Waals surface area (Å²) in [6, 6.07) is 0. The van der Waals surface area contributed by atoms with Crippen molar-refractivity contribution in [1.29, 1.82) is 0 Å². The van der Waals surface area contributed by atoms with Gasteiger partial charge in [-0.15, -0.1) is 0 Å². The number of esters is 3. The minimum absolute atomic E-state index is 0.371. The van der Waals surface area contributed by atoms with Gasteiger partial charge in [0.15, 0.2) is 5.60 Å². The number of rotatable bonds is 4. The highest BCUT2D eigenvalue weighted by Gasteiger charge is 2.71. The van der Waals surface area contributed by atoms with Gasteiger partial charge in [0.05, 0.1) is 13.0 Å². The SMILES string of the molecule is COC(=O)[C@@H]1CC[C@]2(C)[C@@H]([C@H]3C=C[C@]2(O)C(=O)O3)[C@]1(C)/C=C/C1=CC(=O)OC1OC. The first-order chi connectivity index (χ1) is 14.1. The largest absolute Gasteiger partial charge is 0.469 e. The first kappa shape index (κ1) is 20.8. The van der Waals surface area contributed by atoms with Gasteiger partial charge in [-0.3, -0.25) is 4.79 Å². The van der Waals surface area contributed by atoms with Crippen molar-refractivity contribution in [3.63, 3.8) is 0 Å². The summed E-state index contributed by atoms with van der Waals surface area (Å²) in [5.41, 5.74) is -2.91. The Morgan fingerprint density at radius 3 is 2.63 bits per heavy atom. The van der Waals surface area contributed by atoms with E-state index in [1.54, 1.807) is 12.2 Å². The lowest BCUT2D eigenvalue weighted by Crippen LogP contribution is -2.71. The van der Waals surface area contributed by atoms with Crippen LogP contribution in [0.25, 0.3) is 0 Å². The van der Waals surface area contributed by atoms with Crippen LogP contribution in [-0.2, 0) is 33.3 Å². The van der Waals surface area contributed by atoms with E-state index >= 15 is 0 Å². The molecule has 2 bridgehead atoms. The molecule has 8 heteroatoms. The van der Waals surface area contributed by atoms with E-state index in [9.17, 15) is 19.5 Å². The monoisotopic (exact) mass is 418 g/mol. The molecule has 3 aliphatic heterocycles. The average molecular weight is 418 g/mol. The Kier molecular flexibility index (Phi) is 4.70. The van der Waals surface area contributed by atoms with Crippen molar-refractivity contribution in [1.82, 2.24) is 0 Å². The van der Waals surface area contributed by atoms with Crippen molar-refractivity contribution in [3.05, 3.63) is 36.0 Å². The predicted molar refractivity (Wildman–Crippen MR) is 103 cm³/mol. The lowest BCUT2D eigenvalue weighted by molar-refractivity contribution is -0.241. The molecule has 0 radical (unpaired) electrons. The Morgan fingerprint density at radius 2 is 2.00 bits per heavy atom. The summed E-state index contributed by atoms with van der Waals surface area (Å²) in [5.74, 6) is -2.44. The maximum absolute atomic E-state index is 12.7. The van der Waals surface area contributed by atoms with Crippen LogP contribution in [0.15, 0.2) is 36.0 Å². The van der Waals surface area contributed by atoms with Crippen LogP contribution in [0, 0.1) is 22.7 Å². The molecule has 0 aromatic rings. The van der Waals surface area contributed by atoms with E-state index in [0.717, 1.165) is 0 Å². The minimum Gasteiger partial charge on any atom is -0.469 e. The highest BCUT2D eigenvalue weighted by molar-refractivity contribution is 5.87. The molecule has 1 unspecified atom stereocenters. The molecule has 0 aromatic carbocycles. The predicted octanol–water partition coefficient (Wildman–Crippen LogP) is 1.44. The molecule has 1 saturated heterocycles. The molecule has 162 valence electrons. The first-order valence-corrected chi connectivity index (χ1v) is 9.95. The van der Waals surface area contributed by atoms with E-state index < -0.39 is 46.7 Å². The summed E-state index contributed by atoms with van der Waals surface area (Å²) in [6.07, 6.45) is 7.57. The van der Waals surface area contributed by atoms with Gasteiger partial charge in [0.1, 0.15) is 6.10 Å². The minimum atomic E-state index is -1.76. The van der Waals surface area contributed by atoms with E-state index in [4.69, 9.17) is 18.9 Å². The van der Waals surface area contributed by atoms with Crippen molar-refractivity contribution >= 4 is 17.9 Å². The summed E-state index contributed by atoms with van der Waals surface area (Å²) in [6.45, 7) is 3.77. The summed E-state index contributed by atoms with van der Waals surface area (Å²) in [4.78, 5) is 36.9. The topological polar surface area (TPSA) is 108 Å². The highest BCUT2D eigenvalue weighted by Crippen LogP contribution is 2.65. The number of carbonyl (C=O) groups is 3. The standard InChI is InChI=1S/C22H26O8/c1-20(8-5-12-11-15(23)30-18(12)28-4)13(17(24)27-3)6-9-21(2)16(20)14-7-10-22(21,26)19(25)29-14/h5,7-8,10-11,13-14,16,18,26H,6,9H2,1-4H3/b8-5+/t13-,14+,16-,18?,20+,21+,22-/m0/s1. The molecular formula is C22H26O8. The maximum atomic E-state index is 12.7. The summed E-state index contributed by atoms with van der Waals surface area (Å²) < 4.78 is 20.9. The van der Waals surface area contributed by atoms with Gasteiger partial charge in [0.2, 0.25) is 6.29 Å². The quantitative estimate of drug-likeness (QED) is 0.415. The van der Waals surface area contributed by atoms with Gasteiger partial charge in [0.25, 0.3) is 0 Å². The van der Waals surface area contributed by atoms with Crippen molar-refractivity contribution in [2.24, 2.45) is 22.7 Å². The molecule has 0 amide bonds. The van der Waals surface area contributed by atoms with Crippen LogP contribution in [0.1, 0.15) is 26.7 Å². The van der Waals surface area contributed by atoms with Crippen molar-refractivity contribution < 1.29 is 38.4 Å². The van der Waals surface area contributed by atoms with Crippen LogP contribution in [0.5, 0.6) is 0 Å². The molecule has 0 aromatic heterocycles. The van der Waals surface area contributed by atoms with Crippen LogP contribution in [0.2, 0.25) is 0 Å². The fourth-order valence-electron chi connectivity index (χ4n) is 5.85. The molecular weight excluding hydrogens is 392 g/mol. The summed E-state index contributed by atoms with van der Waals surface area (Å²) in [7, 11) is 2.77. The smallest absolute Gasteiger partial charge is 0.343 e. The number of hydrogen-bond acceptors (Lipinski definition) is 8. The molecule has 2 fully saturated rings.